The van der Waals surface area contributed by atoms with Crippen molar-refractivity contribution in [3.05, 3.63) is 35.3 Å². The zero-order chi connectivity index (χ0) is 17.2. The van der Waals surface area contributed by atoms with E-state index in [0.717, 1.165) is 18.4 Å². The van der Waals surface area contributed by atoms with Crippen LogP contribution in [0.1, 0.15) is 23.2 Å². The van der Waals surface area contributed by atoms with Crippen molar-refractivity contribution < 1.29 is 9.59 Å². The third-order valence-corrected chi connectivity index (χ3v) is 4.99. The van der Waals surface area contributed by atoms with Crippen LogP contribution < -0.4 is 5.32 Å². The minimum atomic E-state index is -0.225. The average Bonchev–Trinajstić information content (AvgIpc) is 3.32. The molecule has 2 amide bonds. The zero-order valence-electron chi connectivity index (χ0n) is 13.3. The molecule has 9 heteroatoms. The molecule has 128 valence electrons. The smallest absolute Gasteiger partial charge is 0.253 e. The summed E-state index contributed by atoms with van der Waals surface area (Å²) in [5.74, 6) is -0.395. The first-order valence-electron chi connectivity index (χ1n) is 8.01. The number of rotatable bonds is 3. The molecule has 0 radical (unpaired) electrons. The van der Waals surface area contributed by atoms with E-state index in [4.69, 9.17) is 0 Å². The Morgan fingerprint density at radius 2 is 2.16 bits per heavy atom. The van der Waals surface area contributed by atoms with Crippen molar-refractivity contribution in [1.82, 2.24) is 25.3 Å². The van der Waals surface area contributed by atoms with Gasteiger partial charge in [-0.15, -0.1) is 11.3 Å². The van der Waals surface area contributed by atoms with Crippen LogP contribution in [0.4, 0.5) is 5.13 Å². The van der Waals surface area contributed by atoms with Gasteiger partial charge in [0.2, 0.25) is 5.91 Å². The molecule has 1 fully saturated rings. The number of carbonyl (C=O) groups excluding carboxylic acids is 2. The average molecular weight is 356 g/mol. The van der Waals surface area contributed by atoms with Crippen molar-refractivity contribution in [2.24, 2.45) is 5.92 Å². The van der Waals surface area contributed by atoms with Crippen LogP contribution in [0, 0.1) is 5.92 Å². The topological polar surface area (TPSA) is 104 Å². The molecule has 2 N–H and O–H groups in total. The number of piperidine rings is 1. The molecular formula is C16H16N6O2S. The molecule has 1 atom stereocenters. The van der Waals surface area contributed by atoms with Crippen LogP contribution in [-0.2, 0) is 4.79 Å². The second-order valence-electron chi connectivity index (χ2n) is 5.94. The number of thiazole rings is 1. The number of H-pyrrole nitrogens is 1. The summed E-state index contributed by atoms with van der Waals surface area (Å²) in [6, 6.07) is 5.23. The molecule has 1 saturated heterocycles. The first-order chi connectivity index (χ1) is 12.2. The Morgan fingerprint density at radius 3 is 3.00 bits per heavy atom. The second-order valence-corrected chi connectivity index (χ2v) is 6.84. The molecule has 0 saturated carbocycles. The van der Waals surface area contributed by atoms with Crippen LogP contribution >= 0.6 is 11.3 Å². The van der Waals surface area contributed by atoms with Gasteiger partial charge in [0.25, 0.3) is 5.91 Å². The summed E-state index contributed by atoms with van der Waals surface area (Å²) in [4.78, 5) is 31.0. The van der Waals surface area contributed by atoms with Crippen LogP contribution in [0.3, 0.4) is 0 Å². The number of aromatic nitrogens is 4. The van der Waals surface area contributed by atoms with Gasteiger partial charge in [-0.05, 0) is 31.0 Å². The van der Waals surface area contributed by atoms with Crippen molar-refractivity contribution in [2.75, 3.05) is 18.4 Å². The number of hydrogen-bond donors (Lipinski definition) is 2. The Labute approximate surface area is 147 Å². The maximum absolute atomic E-state index is 12.8. The minimum absolute atomic E-state index is 0.0839. The Morgan fingerprint density at radius 1 is 1.28 bits per heavy atom. The number of fused-ring (bicyclic) bond motifs is 1. The van der Waals surface area contributed by atoms with E-state index in [1.807, 2.05) is 5.38 Å². The second kappa shape index (κ2) is 6.60. The number of likely N-dealkylation sites (tertiary alicyclic amines) is 1. The summed E-state index contributed by atoms with van der Waals surface area (Å²) in [5, 5.41) is 15.8. The van der Waals surface area contributed by atoms with E-state index in [-0.39, 0.29) is 17.7 Å². The van der Waals surface area contributed by atoms with E-state index in [2.05, 4.69) is 25.7 Å². The quantitative estimate of drug-likeness (QED) is 0.746. The summed E-state index contributed by atoms with van der Waals surface area (Å²) in [7, 11) is 0. The number of nitrogens with one attached hydrogen (secondary N) is 2. The summed E-state index contributed by atoms with van der Waals surface area (Å²) in [5.41, 5.74) is 1.93. The van der Waals surface area contributed by atoms with E-state index in [0.29, 0.717) is 29.3 Å². The van der Waals surface area contributed by atoms with Gasteiger partial charge in [0, 0.05) is 30.2 Å². The molecular weight excluding hydrogens is 340 g/mol. The van der Waals surface area contributed by atoms with Gasteiger partial charge in [-0.25, -0.2) is 4.98 Å². The summed E-state index contributed by atoms with van der Waals surface area (Å²) >= 11 is 1.38. The van der Waals surface area contributed by atoms with E-state index in [9.17, 15) is 9.59 Å². The van der Waals surface area contributed by atoms with Gasteiger partial charge >= 0.3 is 0 Å². The zero-order valence-corrected chi connectivity index (χ0v) is 14.1. The first-order valence-corrected chi connectivity index (χ1v) is 8.89. The van der Waals surface area contributed by atoms with Crippen LogP contribution in [0.2, 0.25) is 0 Å². The largest absolute Gasteiger partial charge is 0.338 e. The molecule has 25 heavy (non-hydrogen) atoms. The molecule has 1 unspecified atom stereocenters. The summed E-state index contributed by atoms with van der Waals surface area (Å²) < 4.78 is 0. The molecule has 1 aliphatic heterocycles. The highest BCUT2D eigenvalue weighted by Crippen LogP contribution is 2.22. The van der Waals surface area contributed by atoms with Gasteiger partial charge in [0.15, 0.2) is 5.13 Å². The van der Waals surface area contributed by atoms with Crippen LogP contribution in [-0.4, -0.2) is 50.2 Å². The molecule has 4 rings (SSSR count). The third kappa shape index (κ3) is 3.22. The van der Waals surface area contributed by atoms with Gasteiger partial charge in [-0.2, -0.15) is 15.4 Å². The van der Waals surface area contributed by atoms with Gasteiger partial charge in [-0.1, -0.05) is 0 Å². The van der Waals surface area contributed by atoms with E-state index in [1.165, 1.54) is 11.3 Å². The SMILES string of the molecule is O=C(Nc1nccs1)C1CCCN(C(=O)c2ccc3n[nH]nc3c2)C1. The maximum atomic E-state index is 12.8. The lowest BCUT2D eigenvalue weighted by Crippen LogP contribution is -2.43. The normalized spacial score (nSPS) is 17.6. The summed E-state index contributed by atoms with van der Waals surface area (Å²) in [6.07, 6.45) is 3.22. The van der Waals surface area contributed by atoms with Crippen LogP contribution in [0.15, 0.2) is 29.8 Å². The predicted octanol–water partition coefficient (Wildman–Crippen LogP) is 1.91. The lowest BCUT2D eigenvalue weighted by atomic mass is 9.96. The highest BCUT2D eigenvalue weighted by molar-refractivity contribution is 7.13. The third-order valence-electron chi connectivity index (χ3n) is 4.31. The fourth-order valence-electron chi connectivity index (χ4n) is 3.02. The maximum Gasteiger partial charge on any atom is 0.253 e. The predicted molar refractivity (Wildman–Crippen MR) is 93.3 cm³/mol. The highest BCUT2D eigenvalue weighted by atomic mass is 32.1. The molecule has 1 aromatic carbocycles. The van der Waals surface area contributed by atoms with E-state index < -0.39 is 0 Å². The van der Waals surface area contributed by atoms with Crippen molar-refractivity contribution in [3.8, 4) is 0 Å². The van der Waals surface area contributed by atoms with Gasteiger partial charge < -0.3 is 10.2 Å². The number of hydrogen-bond acceptors (Lipinski definition) is 6. The van der Waals surface area contributed by atoms with E-state index in [1.54, 1.807) is 29.3 Å². The number of nitrogens with zero attached hydrogens (tertiary/aromatic N) is 4. The Bertz CT molecular complexity index is 906. The lowest BCUT2D eigenvalue weighted by molar-refractivity contribution is -0.121. The Kier molecular flexibility index (Phi) is 4.14. The monoisotopic (exact) mass is 356 g/mol. The first kappa shape index (κ1) is 15.7. The number of aromatic amines is 1. The number of amides is 2. The number of benzene rings is 1. The van der Waals surface area contributed by atoms with Gasteiger partial charge in [0.05, 0.1) is 5.92 Å². The molecule has 0 aliphatic carbocycles. The number of anilines is 1. The fourth-order valence-corrected chi connectivity index (χ4v) is 3.56. The Balaban J connectivity index is 1.46. The molecule has 2 aromatic heterocycles. The molecule has 0 spiro atoms. The lowest BCUT2D eigenvalue weighted by Gasteiger charge is -2.32. The van der Waals surface area contributed by atoms with Crippen LogP contribution in [0.5, 0.6) is 0 Å². The molecule has 8 nitrogen and oxygen atoms in total. The number of carbonyl (C=O) groups is 2. The standard InChI is InChI=1S/C16H16N6O2S/c23-14(18-16-17-5-7-25-16)11-2-1-6-22(9-11)15(24)10-3-4-12-13(8-10)20-21-19-12/h3-5,7-8,11H,1-2,6,9H2,(H,17,18,23)(H,19,20,21). The summed E-state index contributed by atoms with van der Waals surface area (Å²) in [6.45, 7) is 1.06. The van der Waals surface area contributed by atoms with Crippen molar-refractivity contribution >= 4 is 39.3 Å². The van der Waals surface area contributed by atoms with Gasteiger partial charge in [-0.3, -0.25) is 9.59 Å². The van der Waals surface area contributed by atoms with Crippen LogP contribution in [0.25, 0.3) is 11.0 Å². The Hall–Kier alpha value is -2.81. The molecule has 3 aromatic rings. The molecule has 1 aliphatic rings. The minimum Gasteiger partial charge on any atom is -0.338 e. The molecule has 0 bridgehead atoms. The fraction of sp³-hybridized carbons (Fsp3) is 0.312. The highest BCUT2D eigenvalue weighted by Gasteiger charge is 2.29. The molecule has 3 heterocycles. The van der Waals surface area contributed by atoms with Crippen molar-refractivity contribution in [3.63, 3.8) is 0 Å². The van der Waals surface area contributed by atoms with Crippen molar-refractivity contribution in [1.29, 1.82) is 0 Å². The van der Waals surface area contributed by atoms with Gasteiger partial charge in [0.1, 0.15) is 11.0 Å². The van der Waals surface area contributed by atoms with E-state index >= 15 is 0 Å². The van der Waals surface area contributed by atoms with Crippen molar-refractivity contribution in [2.45, 2.75) is 12.8 Å².